The highest BCUT2D eigenvalue weighted by Crippen LogP contribution is 2.59. The maximum atomic E-state index is 15.1. The van der Waals surface area contributed by atoms with Crippen LogP contribution in [0.25, 0.3) is 0 Å². The topological polar surface area (TPSA) is 125 Å². The molecule has 0 aromatic heterocycles. The lowest BCUT2D eigenvalue weighted by Gasteiger charge is -2.40. The maximum absolute atomic E-state index is 15.1. The van der Waals surface area contributed by atoms with Gasteiger partial charge in [-0.15, -0.1) is 0 Å². The summed E-state index contributed by atoms with van der Waals surface area (Å²) in [6, 6.07) is 3.97. The summed E-state index contributed by atoms with van der Waals surface area (Å²) < 4.78 is 12.9. The van der Waals surface area contributed by atoms with E-state index in [2.05, 4.69) is 21.2 Å². The normalized spacial score (nSPS) is 33.1. The molecule has 3 amide bonds. The zero-order chi connectivity index (χ0) is 31.9. The summed E-state index contributed by atoms with van der Waals surface area (Å²) in [6.45, 7) is 9.43. The lowest BCUT2D eigenvalue weighted by atomic mass is 9.74. The minimum Gasteiger partial charge on any atom is -0.460 e. The summed E-state index contributed by atoms with van der Waals surface area (Å²) in [6.07, 6.45) is 5.41. The highest BCUT2D eigenvalue weighted by Gasteiger charge is 2.75. The summed E-state index contributed by atoms with van der Waals surface area (Å²) in [5, 5.41) is 13.5. The molecule has 4 aliphatic heterocycles. The van der Waals surface area contributed by atoms with E-state index in [0.717, 1.165) is 16.8 Å². The molecule has 2 saturated heterocycles. The van der Waals surface area contributed by atoms with E-state index < -0.39 is 53.6 Å². The Hall–Kier alpha value is -3.02. The number of cyclic esters (lactones) is 1. The third-order valence-corrected chi connectivity index (χ3v) is 10.3. The first-order valence-electron chi connectivity index (χ1n) is 15.5. The second kappa shape index (κ2) is 12.8. The number of allylic oxidation sites excluding steroid dienone is 1. The number of hydrogen-bond acceptors (Lipinski definition) is 7. The third-order valence-electron chi connectivity index (χ3n) is 9.59. The minimum atomic E-state index is -1.45. The number of likely N-dealkylation sites (tertiary alicyclic amines) is 1. The Labute approximate surface area is 266 Å². The van der Waals surface area contributed by atoms with Crippen molar-refractivity contribution in [1.29, 1.82) is 0 Å². The predicted octanol–water partition coefficient (Wildman–Crippen LogP) is 3.31. The number of ether oxygens (including phenoxy) is 2. The third kappa shape index (κ3) is 5.41. The Kier molecular flexibility index (Phi) is 9.39. The SMILES string of the molecule is CC[C@H](C)[C@H](CO)N1C(=O)[C@@H]2[C@H]3C(=O)O[C@@H](C)CNC(=O)CC/C=C\CN(c4c(C)cccc4C)C(=O)[C@@H]1[C@]21C=C(Br)[C@H]3O1. The first-order valence-corrected chi connectivity index (χ1v) is 16.2. The van der Waals surface area contributed by atoms with Gasteiger partial charge in [-0.05, 0) is 50.3 Å². The number of anilines is 1. The number of aryl methyl sites for hydroxylation is 2. The second-order valence-electron chi connectivity index (χ2n) is 12.5. The van der Waals surface area contributed by atoms with Crippen molar-refractivity contribution in [3.8, 4) is 0 Å². The Morgan fingerprint density at radius 2 is 1.84 bits per heavy atom. The van der Waals surface area contributed by atoms with Crippen LogP contribution in [0.4, 0.5) is 5.69 Å². The quantitative estimate of drug-likeness (QED) is 0.364. The van der Waals surface area contributed by atoms with E-state index in [4.69, 9.17) is 9.47 Å². The van der Waals surface area contributed by atoms with E-state index in [1.807, 2.05) is 58.0 Å². The van der Waals surface area contributed by atoms with E-state index in [1.54, 1.807) is 17.9 Å². The van der Waals surface area contributed by atoms with Crippen LogP contribution < -0.4 is 10.2 Å². The fourth-order valence-corrected chi connectivity index (χ4v) is 7.96. The van der Waals surface area contributed by atoms with Gasteiger partial charge in [0.1, 0.15) is 29.8 Å². The molecule has 1 aromatic carbocycles. The number of carbonyl (C=O) groups is 4. The summed E-state index contributed by atoms with van der Waals surface area (Å²) >= 11 is 3.58. The van der Waals surface area contributed by atoms with E-state index in [-0.39, 0.29) is 43.8 Å². The van der Waals surface area contributed by atoms with Crippen molar-refractivity contribution in [3.05, 3.63) is 52.0 Å². The molecule has 238 valence electrons. The maximum Gasteiger partial charge on any atom is 0.313 e. The van der Waals surface area contributed by atoms with Crippen molar-refractivity contribution in [2.75, 3.05) is 24.6 Å². The second-order valence-corrected chi connectivity index (χ2v) is 13.4. The smallest absolute Gasteiger partial charge is 0.313 e. The number of carbonyl (C=O) groups excluding carboxylic acids is 4. The Morgan fingerprint density at radius 3 is 2.50 bits per heavy atom. The van der Waals surface area contributed by atoms with Crippen molar-refractivity contribution in [2.45, 2.75) is 83.8 Å². The Bertz CT molecular complexity index is 1370. The number of nitrogens with one attached hydrogen (secondary N) is 1. The number of hydrogen-bond donors (Lipinski definition) is 2. The van der Waals surface area contributed by atoms with Crippen LogP contribution in [-0.2, 0) is 28.7 Å². The van der Waals surface area contributed by atoms with Crippen LogP contribution in [0.5, 0.6) is 0 Å². The summed E-state index contributed by atoms with van der Waals surface area (Å²) in [4.78, 5) is 59.1. The van der Waals surface area contributed by atoms with Gasteiger partial charge in [-0.1, -0.05) is 66.5 Å². The van der Waals surface area contributed by atoms with Crippen LogP contribution in [0.2, 0.25) is 0 Å². The number of aliphatic hydroxyl groups excluding tert-OH is 1. The molecule has 0 aliphatic carbocycles. The summed E-state index contributed by atoms with van der Waals surface area (Å²) in [5.74, 6) is -3.77. The molecule has 11 heteroatoms. The minimum absolute atomic E-state index is 0.126. The van der Waals surface area contributed by atoms with Crippen LogP contribution in [0.3, 0.4) is 0 Å². The van der Waals surface area contributed by atoms with Crippen molar-refractivity contribution in [3.63, 3.8) is 0 Å². The highest BCUT2D eigenvalue weighted by atomic mass is 79.9. The zero-order valence-corrected chi connectivity index (χ0v) is 27.5. The predicted molar refractivity (Wildman–Crippen MR) is 168 cm³/mol. The number of para-hydroxylation sites is 1. The van der Waals surface area contributed by atoms with Gasteiger partial charge >= 0.3 is 5.97 Å². The van der Waals surface area contributed by atoms with Crippen molar-refractivity contribution >= 4 is 45.3 Å². The van der Waals surface area contributed by atoms with Crippen LogP contribution >= 0.6 is 15.9 Å². The molecular weight excluding hydrogens is 630 g/mol. The fraction of sp³-hybridized carbons (Fsp3) is 0.576. The van der Waals surface area contributed by atoms with E-state index in [9.17, 15) is 19.5 Å². The van der Waals surface area contributed by atoms with Crippen molar-refractivity contribution in [2.24, 2.45) is 17.8 Å². The van der Waals surface area contributed by atoms with Gasteiger partial charge in [0.2, 0.25) is 11.8 Å². The van der Waals surface area contributed by atoms with Gasteiger partial charge in [0.05, 0.1) is 25.1 Å². The lowest BCUT2D eigenvalue weighted by molar-refractivity contribution is -0.159. The number of benzene rings is 1. The van der Waals surface area contributed by atoms with Gasteiger partial charge in [0.25, 0.3) is 5.91 Å². The number of fused-ring (bicyclic) bond motifs is 2. The molecule has 44 heavy (non-hydrogen) atoms. The molecule has 4 aliphatic rings. The number of nitrogens with zero attached hydrogens (tertiary/aromatic N) is 2. The van der Waals surface area contributed by atoms with Gasteiger partial charge < -0.3 is 29.7 Å². The van der Waals surface area contributed by atoms with Gasteiger partial charge in [0.15, 0.2) is 0 Å². The summed E-state index contributed by atoms with van der Waals surface area (Å²) in [7, 11) is 0. The van der Waals surface area contributed by atoms with Crippen LogP contribution in [0.1, 0.15) is 51.2 Å². The molecular formula is C33H42BrN3O7. The monoisotopic (exact) mass is 671 g/mol. The zero-order valence-electron chi connectivity index (χ0n) is 25.9. The van der Waals surface area contributed by atoms with Gasteiger partial charge in [-0.2, -0.15) is 0 Å². The summed E-state index contributed by atoms with van der Waals surface area (Å²) in [5.41, 5.74) is 1.03. The molecule has 5 bridgehead atoms. The Morgan fingerprint density at radius 1 is 1.14 bits per heavy atom. The molecule has 1 aromatic rings. The van der Waals surface area contributed by atoms with Gasteiger partial charge in [-0.25, -0.2) is 0 Å². The molecule has 2 fully saturated rings. The fourth-order valence-electron chi connectivity index (χ4n) is 7.22. The number of halogens is 1. The first-order chi connectivity index (χ1) is 21.0. The number of amides is 3. The lowest BCUT2D eigenvalue weighted by Crippen LogP contribution is -2.60. The van der Waals surface area contributed by atoms with Crippen molar-refractivity contribution in [1.82, 2.24) is 10.2 Å². The molecule has 0 unspecified atom stereocenters. The van der Waals surface area contributed by atoms with Crippen LogP contribution in [-0.4, -0.2) is 83.3 Å². The number of rotatable bonds is 5. The molecule has 5 rings (SSSR count). The first kappa shape index (κ1) is 32.4. The number of esters is 1. The van der Waals surface area contributed by atoms with Gasteiger partial charge in [0, 0.05) is 23.1 Å². The molecule has 1 spiro atoms. The largest absolute Gasteiger partial charge is 0.460 e. The molecule has 2 N–H and O–H groups in total. The number of aliphatic hydroxyl groups is 1. The van der Waals surface area contributed by atoms with E-state index in [1.165, 1.54) is 4.90 Å². The average Bonchev–Trinajstić information content (AvgIpc) is 3.57. The Balaban J connectivity index is 1.70. The van der Waals surface area contributed by atoms with E-state index >= 15 is 4.79 Å². The molecule has 0 radical (unpaired) electrons. The molecule has 8 atom stereocenters. The average molecular weight is 673 g/mol. The highest BCUT2D eigenvalue weighted by molar-refractivity contribution is 9.11. The van der Waals surface area contributed by atoms with Crippen molar-refractivity contribution < 1.29 is 33.8 Å². The molecule has 0 saturated carbocycles. The van der Waals surface area contributed by atoms with Crippen LogP contribution in [0, 0.1) is 31.6 Å². The standard InChI is InChI=1S/C33H42BrN3O7/c1-6-18(2)23(17-38)37-29-31(41)36(27-19(3)11-10-12-20(27)4)14-9-7-8-13-24(39)35-16-21(5)43-32(42)25-26(30(37)40)33(29)15-22(34)28(25)44-33/h7,9-12,15,18,21,23,25-26,28-29,38H,6,8,13-14,16-17H2,1-5H3,(H,35,39)/b9-7-/t18-,21-,23-,25+,26-,28+,29+,33-/m0/s1. The molecule has 10 nitrogen and oxygen atoms in total. The van der Waals surface area contributed by atoms with E-state index in [0.29, 0.717) is 17.3 Å². The molecule has 4 heterocycles. The van der Waals surface area contributed by atoms with Crippen LogP contribution in [0.15, 0.2) is 40.9 Å². The van der Waals surface area contributed by atoms with Gasteiger partial charge in [-0.3, -0.25) is 19.2 Å².